The summed E-state index contributed by atoms with van der Waals surface area (Å²) in [7, 11) is 0. The first-order chi connectivity index (χ1) is 16.0. The highest BCUT2D eigenvalue weighted by Crippen LogP contribution is 2.27. The van der Waals surface area contributed by atoms with Gasteiger partial charge in [-0.1, -0.05) is 30.3 Å². The molecule has 0 aliphatic heterocycles. The number of carbonyl (C=O) groups is 1. The first kappa shape index (κ1) is 20.5. The van der Waals surface area contributed by atoms with Crippen LogP contribution in [0.25, 0.3) is 28.0 Å². The second kappa shape index (κ2) is 8.27. The van der Waals surface area contributed by atoms with E-state index in [9.17, 15) is 9.18 Å². The fourth-order valence-electron chi connectivity index (χ4n) is 3.64. The molecule has 3 heterocycles. The average molecular weight is 441 g/mol. The molecule has 0 aliphatic rings. The van der Waals surface area contributed by atoms with E-state index >= 15 is 0 Å². The molecule has 0 fully saturated rings. The molecule has 0 spiro atoms. The number of nitrogens with zero attached hydrogens (tertiary/aromatic N) is 6. The third kappa shape index (κ3) is 3.84. The summed E-state index contributed by atoms with van der Waals surface area (Å²) in [4.78, 5) is 21.9. The highest BCUT2D eigenvalue weighted by Gasteiger charge is 2.19. The fraction of sp³-hybridized carbons (Fsp3) is 0.125. The van der Waals surface area contributed by atoms with Gasteiger partial charge in [-0.15, -0.1) is 0 Å². The Morgan fingerprint density at radius 2 is 1.88 bits per heavy atom. The van der Waals surface area contributed by atoms with E-state index in [1.807, 2.05) is 44.2 Å². The SMILES string of the molecule is CC(C)n1ncc2c(C(=O)Nc3ccc(-n4cncn4)c(F)c3)cc(-c3ccccc3)nc21. The van der Waals surface area contributed by atoms with Gasteiger partial charge in [-0.25, -0.2) is 23.7 Å². The van der Waals surface area contributed by atoms with Crippen LogP contribution in [0.4, 0.5) is 10.1 Å². The molecular weight excluding hydrogens is 421 g/mol. The Morgan fingerprint density at radius 1 is 1.06 bits per heavy atom. The Labute approximate surface area is 188 Å². The van der Waals surface area contributed by atoms with Crippen molar-refractivity contribution in [2.24, 2.45) is 0 Å². The number of rotatable bonds is 5. The van der Waals surface area contributed by atoms with Gasteiger partial charge in [0.25, 0.3) is 5.91 Å². The largest absolute Gasteiger partial charge is 0.322 e. The van der Waals surface area contributed by atoms with Crippen molar-refractivity contribution in [3.63, 3.8) is 0 Å². The Balaban J connectivity index is 1.55. The van der Waals surface area contributed by atoms with Crippen LogP contribution in [0, 0.1) is 5.82 Å². The van der Waals surface area contributed by atoms with Crippen molar-refractivity contribution in [3.05, 3.63) is 84.8 Å². The Bertz CT molecular complexity index is 1440. The topological polar surface area (TPSA) is 90.5 Å². The molecule has 0 bridgehead atoms. The summed E-state index contributed by atoms with van der Waals surface area (Å²) >= 11 is 0. The third-order valence-electron chi connectivity index (χ3n) is 5.24. The number of aromatic nitrogens is 6. The zero-order valence-electron chi connectivity index (χ0n) is 18.0. The lowest BCUT2D eigenvalue weighted by atomic mass is 10.1. The second-order valence-corrected chi connectivity index (χ2v) is 7.80. The molecule has 8 nitrogen and oxygen atoms in total. The van der Waals surface area contributed by atoms with Crippen molar-refractivity contribution in [3.8, 4) is 16.9 Å². The highest BCUT2D eigenvalue weighted by molar-refractivity contribution is 6.12. The molecule has 1 N–H and O–H groups in total. The molecular formula is C24H20FN7O. The van der Waals surface area contributed by atoms with Gasteiger partial charge in [0.1, 0.15) is 18.3 Å². The summed E-state index contributed by atoms with van der Waals surface area (Å²) in [6.45, 7) is 4.00. The average Bonchev–Trinajstić information content (AvgIpc) is 3.49. The molecule has 9 heteroatoms. The van der Waals surface area contributed by atoms with E-state index in [0.717, 1.165) is 5.56 Å². The van der Waals surface area contributed by atoms with Crippen LogP contribution in [0.5, 0.6) is 0 Å². The molecule has 0 saturated carbocycles. The number of amides is 1. The normalized spacial score (nSPS) is 11.3. The number of halogens is 1. The molecule has 164 valence electrons. The molecule has 33 heavy (non-hydrogen) atoms. The van der Waals surface area contributed by atoms with Gasteiger partial charge in [-0.2, -0.15) is 10.2 Å². The summed E-state index contributed by atoms with van der Waals surface area (Å²) in [6, 6.07) is 15.8. The van der Waals surface area contributed by atoms with Crippen LogP contribution in [0.2, 0.25) is 0 Å². The first-order valence-electron chi connectivity index (χ1n) is 10.4. The van der Waals surface area contributed by atoms with E-state index in [1.54, 1.807) is 23.0 Å². The number of fused-ring (bicyclic) bond motifs is 1. The van der Waals surface area contributed by atoms with E-state index in [4.69, 9.17) is 4.98 Å². The summed E-state index contributed by atoms with van der Waals surface area (Å²) in [5.74, 6) is -0.911. The molecule has 1 amide bonds. The van der Waals surface area contributed by atoms with Crippen LogP contribution in [0.3, 0.4) is 0 Å². The van der Waals surface area contributed by atoms with Crippen LogP contribution in [0.1, 0.15) is 30.2 Å². The highest BCUT2D eigenvalue weighted by atomic mass is 19.1. The van der Waals surface area contributed by atoms with Gasteiger partial charge >= 0.3 is 0 Å². The summed E-state index contributed by atoms with van der Waals surface area (Å²) in [5, 5.41) is 11.8. The fourth-order valence-corrected chi connectivity index (χ4v) is 3.64. The second-order valence-electron chi connectivity index (χ2n) is 7.80. The quantitative estimate of drug-likeness (QED) is 0.429. The first-order valence-corrected chi connectivity index (χ1v) is 10.4. The number of benzene rings is 2. The Hall–Kier alpha value is -4.40. The van der Waals surface area contributed by atoms with E-state index < -0.39 is 5.82 Å². The van der Waals surface area contributed by atoms with Crippen molar-refractivity contribution in [1.82, 2.24) is 29.5 Å². The molecule has 5 aromatic rings. The molecule has 0 aliphatic carbocycles. The number of pyridine rings is 1. The van der Waals surface area contributed by atoms with E-state index in [2.05, 4.69) is 20.5 Å². The summed E-state index contributed by atoms with van der Waals surface area (Å²) < 4.78 is 17.7. The maximum Gasteiger partial charge on any atom is 0.256 e. The lowest BCUT2D eigenvalue weighted by Crippen LogP contribution is -2.14. The van der Waals surface area contributed by atoms with Crippen LogP contribution < -0.4 is 5.32 Å². The minimum absolute atomic E-state index is 0.0651. The van der Waals surface area contributed by atoms with Crippen LogP contribution in [0.15, 0.2) is 73.4 Å². The molecule has 0 atom stereocenters. The van der Waals surface area contributed by atoms with E-state index in [-0.39, 0.29) is 17.6 Å². The molecule has 0 unspecified atom stereocenters. The number of hydrogen-bond donors (Lipinski definition) is 1. The maximum absolute atomic E-state index is 14.6. The van der Waals surface area contributed by atoms with Crippen LogP contribution in [-0.2, 0) is 0 Å². The van der Waals surface area contributed by atoms with Crippen molar-refractivity contribution in [1.29, 1.82) is 0 Å². The van der Waals surface area contributed by atoms with Crippen molar-refractivity contribution in [2.75, 3.05) is 5.32 Å². The zero-order chi connectivity index (χ0) is 22.9. The number of nitrogens with one attached hydrogen (secondary N) is 1. The van der Waals surface area contributed by atoms with Gasteiger partial charge in [0.2, 0.25) is 0 Å². The summed E-state index contributed by atoms with van der Waals surface area (Å²) in [5.41, 5.74) is 3.12. The van der Waals surface area contributed by atoms with Gasteiger partial charge < -0.3 is 5.32 Å². The molecule has 3 aromatic heterocycles. The van der Waals surface area contributed by atoms with E-state index in [0.29, 0.717) is 28.0 Å². The Morgan fingerprint density at radius 3 is 2.58 bits per heavy atom. The third-order valence-corrected chi connectivity index (χ3v) is 5.24. The number of carbonyl (C=O) groups excluding carboxylic acids is 1. The standard InChI is InChI=1S/C24H20FN7O/c1-15(2)32-23-19(12-27-32)18(11-21(30-23)16-6-4-3-5-7-16)24(33)29-17-8-9-22(20(25)10-17)31-14-26-13-28-31/h3-15H,1-2H3,(H,29,33). The minimum atomic E-state index is -0.532. The van der Waals surface area contributed by atoms with Gasteiger partial charge in [-0.3, -0.25) is 4.79 Å². The van der Waals surface area contributed by atoms with Gasteiger partial charge in [-0.05, 0) is 38.1 Å². The van der Waals surface area contributed by atoms with Crippen molar-refractivity contribution >= 4 is 22.6 Å². The predicted molar refractivity (Wildman–Crippen MR) is 123 cm³/mol. The van der Waals surface area contributed by atoms with Gasteiger partial charge in [0.05, 0.1) is 22.8 Å². The van der Waals surface area contributed by atoms with Crippen LogP contribution >= 0.6 is 0 Å². The molecule has 0 saturated heterocycles. The monoisotopic (exact) mass is 441 g/mol. The number of anilines is 1. The molecule has 2 aromatic carbocycles. The molecule has 5 rings (SSSR count). The van der Waals surface area contributed by atoms with Crippen molar-refractivity contribution < 1.29 is 9.18 Å². The number of hydrogen-bond acceptors (Lipinski definition) is 5. The van der Waals surface area contributed by atoms with Gasteiger partial charge in [0.15, 0.2) is 11.5 Å². The van der Waals surface area contributed by atoms with Gasteiger partial charge in [0, 0.05) is 17.3 Å². The predicted octanol–water partition coefficient (Wildman–Crippen LogP) is 4.65. The zero-order valence-corrected chi connectivity index (χ0v) is 18.0. The lowest BCUT2D eigenvalue weighted by molar-refractivity contribution is 0.102. The summed E-state index contributed by atoms with van der Waals surface area (Å²) in [6.07, 6.45) is 4.37. The minimum Gasteiger partial charge on any atom is -0.322 e. The Kier molecular flexibility index (Phi) is 5.14. The maximum atomic E-state index is 14.6. The van der Waals surface area contributed by atoms with Crippen molar-refractivity contribution in [2.45, 2.75) is 19.9 Å². The van der Waals surface area contributed by atoms with E-state index in [1.165, 1.54) is 29.5 Å². The smallest absolute Gasteiger partial charge is 0.256 e. The van der Waals surface area contributed by atoms with Crippen LogP contribution in [-0.4, -0.2) is 35.4 Å². The molecule has 0 radical (unpaired) electrons. The lowest BCUT2D eigenvalue weighted by Gasteiger charge is -2.12.